The average Bonchev–Trinajstić information content (AvgIpc) is 3.05. The van der Waals surface area contributed by atoms with Crippen molar-refractivity contribution in [2.24, 2.45) is 22.7 Å². The molecule has 3 rings (SSSR count). The van der Waals surface area contributed by atoms with Gasteiger partial charge in [0.05, 0.1) is 11.7 Å². The molecule has 0 unspecified atom stereocenters. The van der Waals surface area contributed by atoms with Gasteiger partial charge in [0.1, 0.15) is 6.10 Å². The van der Waals surface area contributed by atoms with Crippen LogP contribution in [0.4, 0.5) is 0 Å². The first-order chi connectivity index (χ1) is 9.59. The third-order valence-corrected chi connectivity index (χ3v) is 6.85. The van der Waals surface area contributed by atoms with Gasteiger partial charge < -0.3 is 9.84 Å². The lowest BCUT2D eigenvalue weighted by Gasteiger charge is -2.61. The number of carbonyl (C=O) groups is 1. The molecular formula is C18H30O3. The van der Waals surface area contributed by atoms with Gasteiger partial charge in [0.15, 0.2) is 5.78 Å². The minimum absolute atomic E-state index is 0.0702. The van der Waals surface area contributed by atoms with E-state index in [1.165, 1.54) is 12.8 Å². The number of ketones is 1. The van der Waals surface area contributed by atoms with Gasteiger partial charge in [0, 0.05) is 5.92 Å². The Balaban J connectivity index is 1.96. The molecule has 1 saturated heterocycles. The summed E-state index contributed by atoms with van der Waals surface area (Å²) in [5.74, 6) is 0.801. The van der Waals surface area contributed by atoms with E-state index in [1.807, 2.05) is 6.92 Å². The van der Waals surface area contributed by atoms with Crippen molar-refractivity contribution in [3.63, 3.8) is 0 Å². The fourth-order valence-corrected chi connectivity index (χ4v) is 5.99. The number of Topliss-reactive ketones (excluding diaryl/α,β-unsaturated/α-hetero) is 1. The minimum Gasteiger partial charge on any atom is -0.390 e. The molecule has 0 amide bonds. The molecule has 0 bridgehead atoms. The molecule has 21 heavy (non-hydrogen) atoms. The van der Waals surface area contributed by atoms with Crippen LogP contribution < -0.4 is 0 Å². The molecule has 3 heteroatoms. The standard InChI is InChI=1S/C18H30O3/c1-11(19)13-14(21-13)15-17(4)9-6-8-16(2,3)12(17)7-10-18(15,5)20/h12-15,20H,6-10H2,1-5H3/t12-,13+,14-,15-,17+,18-/m1/s1. The van der Waals surface area contributed by atoms with Crippen LogP contribution in [0.5, 0.6) is 0 Å². The second-order valence-corrected chi connectivity index (χ2v) is 8.91. The zero-order valence-electron chi connectivity index (χ0n) is 14.1. The highest BCUT2D eigenvalue weighted by molar-refractivity contribution is 5.83. The Morgan fingerprint density at radius 1 is 1.14 bits per heavy atom. The zero-order valence-corrected chi connectivity index (χ0v) is 14.1. The first kappa shape index (κ1) is 15.5. The highest BCUT2D eigenvalue weighted by Crippen LogP contribution is 2.64. The van der Waals surface area contributed by atoms with E-state index >= 15 is 0 Å². The van der Waals surface area contributed by atoms with Gasteiger partial charge in [0.25, 0.3) is 0 Å². The van der Waals surface area contributed by atoms with E-state index in [0.717, 1.165) is 19.3 Å². The largest absolute Gasteiger partial charge is 0.390 e. The number of hydrogen-bond donors (Lipinski definition) is 1. The van der Waals surface area contributed by atoms with E-state index in [0.29, 0.717) is 11.3 Å². The summed E-state index contributed by atoms with van der Waals surface area (Å²) < 4.78 is 5.73. The van der Waals surface area contributed by atoms with Gasteiger partial charge in [-0.25, -0.2) is 0 Å². The lowest BCUT2D eigenvalue weighted by atomic mass is 9.45. The topological polar surface area (TPSA) is 49.8 Å². The Kier molecular flexibility index (Phi) is 3.35. The number of hydrogen-bond acceptors (Lipinski definition) is 3. The van der Waals surface area contributed by atoms with E-state index < -0.39 is 5.60 Å². The molecule has 120 valence electrons. The number of ether oxygens (including phenoxy) is 1. The molecule has 1 aliphatic heterocycles. The van der Waals surface area contributed by atoms with Gasteiger partial charge in [-0.15, -0.1) is 0 Å². The molecule has 3 nitrogen and oxygen atoms in total. The predicted molar refractivity (Wildman–Crippen MR) is 81.9 cm³/mol. The number of rotatable bonds is 2. The summed E-state index contributed by atoms with van der Waals surface area (Å²) in [6.07, 6.45) is 5.19. The monoisotopic (exact) mass is 294 g/mol. The highest BCUT2D eigenvalue weighted by atomic mass is 16.6. The second kappa shape index (κ2) is 4.55. The summed E-state index contributed by atoms with van der Waals surface area (Å²) in [7, 11) is 0. The van der Waals surface area contributed by atoms with Crippen LogP contribution in [-0.4, -0.2) is 28.7 Å². The van der Waals surface area contributed by atoms with Crippen LogP contribution in [0, 0.1) is 22.7 Å². The molecular weight excluding hydrogens is 264 g/mol. The van der Waals surface area contributed by atoms with E-state index in [4.69, 9.17) is 4.74 Å². The molecule has 0 aromatic carbocycles. The van der Waals surface area contributed by atoms with Crippen molar-refractivity contribution in [1.82, 2.24) is 0 Å². The van der Waals surface area contributed by atoms with Crippen LogP contribution in [0.2, 0.25) is 0 Å². The summed E-state index contributed by atoms with van der Waals surface area (Å²) in [5, 5.41) is 11.0. The first-order valence-corrected chi connectivity index (χ1v) is 8.48. The number of aliphatic hydroxyl groups is 1. The Morgan fingerprint density at radius 2 is 1.81 bits per heavy atom. The lowest BCUT2D eigenvalue weighted by molar-refractivity contribution is -0.173. The van der Waals surface area contributed by atoms with E-state index in [9.17, 15) is 9.90 Å². The summed E-state index contributed by atoms with van der Waals surface area (Å²) in [6, 6.07) is 0. The van der Waals surface area contributed by atoms with Crippen molar-refractivity contribution in [2.75, 3.05) is 0 Å². The summed E-state index contributed by atoms with van der Waals surface area (Å²) >= 11 is 0. The van der Waals surface area contributed by atoms with Gasteiger partial charge in [-0.1, -0.05) is 27.2 Å². The summed E-state index contributed by atoms with van der Waals surface area (Å²) in [5.41, 5.74) is -0.311. The lowest BCUT2D eigenvalue weighted by Crippen LogP contribution is -2.59. The third kappa shape index (κ3) is 2.28. The number of carbonyl (C=O) groups excluding carboxylic acids is 1. The number of fused-ring (bicyclic) bond motifs is 1. The summed E-state index contributed by atoms with van der Waals surface area (Å²) in [4.78, 5) is 11.7. The molecule has 1 N–H and O–H groups in total. The molecule has 2 saturated carbocycles. The van der Waals surface area contributed by atoms with E-state index in [-0.39, 0.29) is 29.3 Å². The Bertz CT molecular complexity index is 453. The fourth-order valence-electron chi connectivity index (χ4n) is 5.99. The smallest absolute Gasteiger partial charge is 0.161 e. The molecule has 6 atom stereocenters. The van der Waals surface area contributed by atoms with Crippen LogP contribution in [0.25, 0.3) is 0 Å². The second-order valence-electron chi connectivity index (χ2n) is 8.91. The molecule has 3 fully saturated rings. The molecule has 2 aliphatic carbocycles. The first-order valence-electron chi connectivity index (χ1n) is 8.48. The molecule has 0 radical (unpaired) electrons. The predicted octanol–water partition coefficient (Wildman–Crippen LogP) is 3.34. The van der Waals surface area contributed by atoms with Gasteiger partial charge in [0.2, 0.25) is 0 Å². The van der Waals surface area contributed by atoms with E-state index in [2.05, 4.69) is 20.8 Å². The molecule has 1 heterocycles. The van der Waals surface area contributed by atoms with Gasteiger partial charge in [-0.3, -0.25) is 4.79 Å². The Hall–Kier alpha value is -0.410. The maximum atomic E-state index is 11.7. The van der Waals surface area contributed by atoms with Gasteiger partial charge >= 0.3 is 0 Å². The number of epoxide rings is 1. The summed E-state index contributed by atoms with van der Waals surface area (Å²) in [6.45, 7) is 10.7. The molecule has 0 aromatic rings. The van der Waals surface area contributed by atoms with Crippen molar-refractivity contribution in [2.45, 2.75) is 84.5 Å². The van der Waals surface area contributed by atoms with Crippen LogP contribution >= 0.6 is 0 Å². The maximum absolute atomic E-state index is 11.7. The van der Waals surface area contributed by atoms with Gasteiger partial charge in [-0.2, -0.15) is 0 Å². The van der Waals surface area contributed by atoms with Crippen molar-refractivity contribution in [3.05, 3.63) is 0 Å². The quantitative estimate of drug-likeness (QED) is 0.795. The van der Waals surface area contributed by atoms with Crippen LogP contribution in [0.1, 0.15) is 66.7 Å². The SMILES string of the molecule is CC(=O)[C@@H]1O[C@H]1[C@@H]1[C@@]2(C)CCCC(C)(C)[C@H]2CC[C@@]1(C)O. The van der Waals surface area contributed by atoms with Crippen molar-refractivity contribution < 1.29 is 14.6 Å². The Labute approximate surface area is 128 Å². The van der Waals surface area contributed by atoms with Crippen LogP contribution in [0.3, 0.4) is 0 Å². The minimum atomic E-state index is -0.715. The maximum Gasteiger partial charge on any atom is 0.161 e. The zero-order chi connectivity index (χ0) is 15.6. The van der Waals surface area contributed by atoms with E-state index in [1.54, 1.807) is 6.92 Å². The fraction of sp³-hybridized carbons (Fsp3) is 0.944. The Morgan fingerprint density at radius 3 is 2.38 bits per heavy atom. The van der Waals surface area contributed by atoms with Crippen LogP contribution in [0.15, 0.2) is 0 Å². The van der Waals surface area contributed by atoms with Crippen molar-refractivity contribution >= 4 is 5.78 Å². The highest BCUT2D eigenvalue weighted by Gasteiger charge is 2.65. The molecule has 0 aromatic heterocycles. The van der Waals surface area contributed by atoms with Crippen molar-refractivity contribution in [3.8, 4) is 0 Å². The molecule has 3 aliphatic rings. The van der Waals surface area contributed by atoms with Crippen molar-refractivity contribution in [1.29, 1.82) is 0 Å². The average molecular weight is 294 g/mol. The third-order valence-electron chi connectivity index (χ3n) is 6.85. The normalized spacial score (nSPS) is 52.1. The van der Waals surface area contributed by atoms with Gasteiger partial charge in [-0.05, 0) is 56.3 Å². The molecule has 0 spiro atoms. The van der Waals surface area contributed by atoms with Crippen LogP contribution in [-0.2, 0) is 9.53 Å².